The molecule has 16 heavy (non-hydrogen) atoms. The van der Waals surface area contributed by atoms with E-state index in [9.17, 15) is 14.4 Å². The first-order chi connectivity index (χ1) is 7.32. The molecule has 0 aromatic carbocycles. The Balaban J connectivity index is 4.35. The van der Waals surface area contributed by atoms with Crippen LogP contribution in [0, 0.1) is 5.92 Å². The van der Waals surface area contributed by atoms with Gasteiger partial charge in [0.25, 0.3) is 0 Å². The van der Waals surface area contributed by atoms with E-state index in [1.54, 1.807) is 0 Å². The Hall–Kier alpha value is -1.85. The summed E-state index contributed by atoms with van der Waals surface area (Å²) in [6, 6.07) is -0.994. The van der Waals surface area contributed by atoms with Gasteiger partial charge >= 0.3 is 11.9 Å². The molecule has 0 aliphatic carbocycles. The number of hydrogen-bond donors (Lipinski definition) is 3. The minimum absolute atomic E-state index is 0.116. The smallest absolute Gasteiger partial charge is 0.328 e. The van der Waals surface area contributed by atoms with Crippen molar-refractivity contribution in [2.45, 2.75) is 26.3 Å². The van der Waals surface area contributed by atoms with Crippen LogP contribution < -0.4 is 5.32 Å². The summed E-state index contributed by atoms with van der Waals surface area (Å²) in [6.07, 6.45) is 1.74. The molecule has 0 aromatic heterocycles. The maximum absolute atomic E-state index is 11.1. The number of carboxylic acid groups (broad SMARTS) is 2. The van der Waals surface area contributed by atoms with Gasteiger partial charge in [-0.1, -0.05) is 13.8 Å². The minimum atomic E-state index is -1.26. The van der Waals surface area contributed by atoms with Crippen molar-refractivity contribution in [3.63, 3.8) is 0 Å². The Labute approximate surface area is 93.0 Å². The van der Waals surface area contributed by atoms with Gasteiger partial charge in [0, 0.05) is 12.2 Å². The molecule has 0 aliphatic rings. The van der Waals surface area contributed by atoms with Gasteiger partial charge in [-0.3, -0.25) is 4.79 Å². The third-order valence-corrected chi connectivity index (χ3v) is 1.70. The highest BCUT2D eigenvalue weighted by Crippen LogP contribution is 2.04. The van der Waals surface area contributed by atoms with Crippen LogP contribution in [0.5, 0.6) is 0 Å². The average molecular weight is 229 g/mol. The number of hydrogen-bond acceptors (Lipinski definition) is 3. The second kappa shape index (κ2) is 6.60. The number of aliphatic carboxylic acids is 2. The summed E-state index contributed by atoms with van der Waals surface area (Å²) in [7, 11) is 0. The predicted molar refractivity (Wildman–Crippen MR) is 55.8 cm³/mol. The monoisotopic (exact) mass is 229 g/mol. The van der Waals surface area contributed by atoms with E-state index in [2.05, 4.69) is 5.32 Å². The van der Waals surface area contributed by atoms with Crippen LogP contribution in [0.25, 0.3) is 0 Å². The quantitative estimate of drug-likeness (QED) is 0.566. The van der Waals surface area contributed by atoms with E-state index in [0.717, 1.165) is 6.08 Å². The van der Waals surface area contributed by atoms with Gasteiger partial charge in [0.15, 0.2) is 0 Å². The van der Waals surface area contributed by atoms with E-state index in [0.29, 0.717) is 12.5 Å². The zero-order chi connectivity index (χ0) is 12.7. The molecule has 0 saturated carbocycles. The van der Waals surface area contributed by atoms with Crippen LogP contribution in [0.3, 0.4) is 0 Å². The number of amides is 1. The Bertz CT molecular complexity index is 308. The maximum Gasteiger partial charge on any atom is 0.328 e. The van der Waals surface area contributed by atoms with Crippen molar-refractivity contribution in [3.05, 3.63) is 12.2 Å². The molecule has 3 N–H and O–H groups in total. The molecule has 1 atom stereocenters. The molecule has 0 aliphatic heterocycles. The molecule has 0 radical (unpaired) electrons. The van der Waals surface area contributed by atoms with Crippen molar-refractivity contribution in [2.24, 2.45) is 5.92 Å². The van der Waals surface area contributed by atoms with Gasteiger partial charge in [-0.25, -0.2) is 9.59 Å². The molecule has 6 heteroatoms. The lowest BCUT2D eigenvalue weighted by molar-refractivity contribution is -0.141. The van der Waals surface area contributed by atoms with E-state index < -0.39 is 23.9 Å². The van der Waals surface area contributed by atoms with Gasteiger partial charge in [-0.05, 0) is 12.3 Å². The number of carboxylic acids is 2. The SMILES string of the molecule is CC(C)CC(NC(=O)/C=C/C(=O)O)C(=O)O. The van der Waals surface area contributed by atoms with Crippen LogP contribution in [0.2, 0.25) is 0 Å². The van der Waals surface area contributed by atoms with E-state index in [1.807, 2.05) is 13.8 Å². The van der Waals surface area contributed by atoms with Gasteiger partial charge in [0.1, 0.15) is 6.04 Å². The fraction of sp³-hybridized carbons (Fsp3) is 0.500. The fourth-order valence-electron chi connectivity index (χ4n) is 1.06. The summed E-state index contributed by atoms with van der Waals surface area (Å²) in [5.41, 5.74) is 0. The molecule has 1 unspecified atom stereocenters. The van der Waals surface area contributed by atoms with Gasteiger partial charge in [-0.2, -0.15) is 0 Å². The molecule has 0 rings (SSSR count). The topological polar surface area (TPSA) is 104 Å². The molecule has 0 heterocycles. The zero-order valence-electron chi connectivity index (χ0n) is 9.14. The highest BCUT2D eigenvalue weighted by Gasteiger charge is 2.19. The van der Waals surface area contributed by atoms with Crippen LogP contribution in [0.4, 0.5) is 0 Å². The first kappa shape index (κ1) is 14.2. The highest BCUT2D eigenvalue weighted by atomic mass is 16.4. The average Bonchev–Trinajstić information content (AvgIpc) is 2.12. The van der Waals surface area contributed by atoms with Gasteiger partial charge in [-0.15, -0.1) is 0 Å². The van der Waals surface area contributed by atoms with Crippen molar-refractivity contribution in [1.82, 2.24) is 5.32 Å². The van der Waals surface area contributed by atoms with E-state index in [-0.39, 0.29) is 5.92 Å². The first-order valence-corrected chi connectivity index (χ1v) is 4.77. The lowest BCUT2D eigenvalue weighted by Crippen LogP contribution is -2.40. The molecular weight excluding hydrogens is 214 g/mol. The van der Waals surface area contributed by atoms with Crippen LogP contribution >= 0.6 is 0 Å². The first-order valence-electron chi connectivity index (χ1n) is 4.77. The zero-order valence-corrected chi connectivity index (χ0v) is 9.14. The molecule has 90 valence electrons. The Morgan fingerprint density at radius 2 is 1.75 bits per heavy atom. The van der Waals surface area contributed by atoms with E-state index in [4.69, 9.17) is 10.2 Å². The van der Waals surface area contributed by atoms with Crippen LogP contribution in [0.15, 0.2) is 12.2 Å². The summed E-state index contributed by atoms with van der Waals surface area (Å²) >= 11 is 0. The minimum Gasteiger partial charge on any atom is -0.480 e. The molecule has 1 amide bonds. The Morgan fingerprint density at radius 1 is 1.19 bits per heavy atom. The Morgan fingerprint density at radius 3 is 2.12 bits per heavy atom. The molecular formula is C10H15NO5. The molecule has 6 nitrogen and oxygen atoms in total. The molecule has 0 spiro atoms. The summed E-state index contributed by atoms with van der Waals surface area (Å²) in [6.45, 7) is 3.66. The summed E-state index contributed by atoms with van der Waals surface area (Å²) < 4.78 is 0. The molecule has 0 saturated heterocycles. The molecule has 0 fully saturated rings. The van der Waals surface area contributed by atoms with Crippen molar-refractivity contribution in [1.29, 1.82) is 0 Å². The largest absolute Gasteiger partial charge is 0.480 e. The lowest BCUT2D eigenvalue weighted by Gasteiger charge is -2.14. The number of carbonyl (C=O) groups is 3. The summed E-state index contributed by atoms with van der Waals surface area (Å²) in [5.74, 6) is -3.00. The number of nitrogens with one attached hydrogen (secondary N) is 1. The third kappa shape index (κ3) is 6.58. The van der Waals surface area contributed by atoms with Crippen molar-refractivity contribution in [3.8, 4) is 0 Å². The highest BCUT2D eigenvalue weighted by molar-refractivity contribution is 5.95. The van der Waals surface area contributed by atoms with Crippen molar-refractivity contribution < 1.29 is 24.6 Å². The number of carbonyl (C=O) groups excluding carboxylic acids is 1. The standard InChI is InChI=1S/C10H15NO5/c1-6(2)5-7(10(15)16)11-8(12)3-4-9(13)14/h3-4,6-7H,5H2,1-2H3,(H,11,12)(H,13,14)(H,15,16)/b4-3+. The summed E-state index contributed by atoms with van der Waals surface area (Å²) in [4.78, 5) is 32.0. The van der Waals surface area contributed by atoms with Crippen molar-refractivity contribution >= 4 is 17.8 Å². The van der Waals surface area contributed by atoms with Gasteiger partial charge in [0.05, 0.1) is 0 Å². The predicted octanol–water partition coefficient (Wildman–Crippen LogP) is 0.243. The van der Waals surface area contributed by atoms with Gasteiger partial charge in [0.2, 0.25) is 5.91 Å². The third-order valence-electron chi connectivity index (χ3n) is 1.70. The van der Waals surface area contributed by atoms with E-state index in [1.165, 1.54) is 0 Å². The lowest BCUT2D eigenvalue weighted by atomic mass is 10.0. The molecule has 0 bridgehead atoms. The van der Waals surface area contributed by atoms with E-state index >= 15 is 0 Å². The van der Waals surface area contributed by atoms with Crippen LogP contribution in [-0.4, -0.2) is 34.1 Å². The summed E-state index contributed by atoms with van der Waals surface area (Å²) in [5, 5.41) is 19.3. The van der Waals surface area contributed by atoms with Gasteiger partial charge < -0.3 is 15.5 Å². The maximum atomic E-state index is 11.1. The van der Waals surface area contributed by atoms with Crippen LogP contribution in [-0.2, 0) is 14.4 Å². The second-order valence-corrected chi connectivity index (χ2v) is 3.70. The number of rotatable bonds is 6. The Kier molecular flexibility index (Phi) is 5.84. The second-order valence-electron chi connectivity index (χ2n) is 3.70. The normalized spacial score (nSPS) is 12.7. The van der Waals surface area contributed by atoms with Crippen LogP contribution in [0.1, 0.15) is 20.3 Å². The molecule has 0 aromatic rings. The fourth-order valence-corrected chi connectivity index (χ4v) is 1.06. The van der Waals surface area contributed by atoms with Crippen molar-refractivity contribution in [2.75, 3.05) is 0 Å².